The molecule has 1 aromatic heterocycles. The zero-order chi connectivity index (χ0) is 11.4. The van der Waals surface area contributed by atoms with Crippen LogP contribution in [0.4, 0.5) is 0 Å². The lowest BCUT2D eigenvalue weighted by Crippen LogP contribution is -2.09. The Labute approximate surface area is 94.4 Å². The van der Waals surface area contributed by atoms with Crippen molar-refractivity contribution < 1.29 is 9.53 Å². The molecule has 0 amide bonds. The molecule has 1 aromatic rings. The molecule has 16 heavy (non-hydrogen) atoms. The number of rotatable bonds is 3. The molecule has 0 atom stereocenters. The predicted octanol–water partition coefficient (Wildman–Crippen LogP) is 2.17. The number of allylic oxidation sites excluding steroid dienone is 2. The summed E-state index contributed by atoms with van der Waals surface area (Å²) in [6, 6.07) is 1.58. The molecule has 2 rings (SSSR count). The highest BCUT2D eigenvalue weighted by molar-refractivity contribution is 6.07. The average molecular weight is 218 g/mol. The Morgan fingerprint density at radius 2 is 2.25 bits per heavy atom. The number of carbonyl (C=O) groups is 1. The number of nitrogens with zero attached hydrogens (tertiary/aromatic N) is 2. The van der Waals surface area contributed by atoms with Crippen LogP contribution < -0.4 is 4.74 Å². The predicted molar refractivity (Wildman–Crippen MR) is 59.5 cm³/mol. The van der Waals surface area contributed by atoms with Crippen LogP contribution in [0.25, 0.3) is 0 Å². The SMILES string of the molecule is COc1cc(C(=O)C2=CCCCC2)ncn1. The monoisotopic (exact) mass is 218 g/mol. The van der Waals surface area contributed by atoms with Crippen LogP contribution in [0.3, 0.4) is 0 Å². The molecular formula is C12H14N2O2. The van der Waals surface area contributed by atoms with E-state index in [2.05, 4.69) is 9.97 Å². The number of ether oxygens (including phenoxy) is 1. The first-order chi connectivity index (χ1) is 7.81. The maximum atomic E-state index is 12.1. The number of ketones is 1. The molecule has 0 radical (unpaired) electrons. The Morgan fingerprint density at radius 3 is 2.94 bits per heavy atom. The summed E-state index contributed by atoms with van der Waals surface area (Å²) in [6.45, 7) is 0. The minimum Gasteiger partial charge on any atom is -0.481 e. The standard InChI is InChI=1S/C12H14N2O2/c1-16-11-7-10(13-8-14-11)12(15)9-5-3-2-4-6-9/h5,7-8H,2-4,6H2,1H3. The molecular weight excluding hydrogens is 204 g/mol. The van der Waals surface area contributed by atoms with Gasteiger partial charge in [-0.1, -0.05) is 6.08 Å². The number of methoxy groups -OCH3 is 1. The summed E-state index contributed by atoms with van der Waals surface area (Å²) >= 11 is 0. The zero-order valence-corrected chi connectivity index (χ0v) is 9.27. The third kappa shape index (κ3) is 2.27. The first kappa shape index (κ1) is 10.8. The highest BCUT2D eigenvalue weighted by Crippen LogP contribution is 2.21. The van der Waals surface area contributed by atoms with Gasteiger partial charge in [-0.2, -0.15) is 0 Å². The van der Waals surface area contributed by atoms with Crippen LogP contribution in [0.1, 0.15) is 36.2 Å². The topological polar surface area (TPSA) is 52.1 Å². The van der Waals surface area contributed by atoms with E-state index in [1.54, 1.807) is 6.07 Å². The molecule has 0 fully saturated rings. The van der Waals surface area contributed by atoms with Crippen LogP contribution in [0.2, 0.25) is 0 Å². The van der Waals surface area contributed by atoms with E-state index in [0.717, 1.165) is 24.8 Å². The molecule has 0 aliphatic heterocycles. The van der Waals surface area contributed by atoms with E-state index in [1.807, 2.05) is 6.08 Å². The van der Waals surface area contributed by atoms with Crippen molar-refractivity contribution in [1.82, 2.24) is 9.97 Å². The molecule has 1 aliphatic rings. The first-order valence-electron chi connectivity index (χ1n) is 5.41. The van der Waals surface area contributed by atoms with Gasteiger partial charge >= 0.3 is 0 Å². The Bertz CT molecular complexity index is 427. The summed E-state index contributed by atoms with van der Waals surface area (Å²) in [5.41, 5.74) is 1.28. The average Bonchev–Trinajstić information content (AvgIpc) is 2.39. The minimum atomic E-state index is 0.000370. The normalized spacial score (nSPS) is 15.4. The Hall–Kier alpha value is -1.71. The van der Waals surface area contributed by atoms with Crippen molar-refractivity contribution in [2.24, 2.45) is 0 Å². The molecule has 0 bridgehead atoms. The van der Waals surface area contributed by atoms with Gasteiger partial charge in [-0.15, -0.1) is 0 Å². The Kier molecular flexibility index (Phi) is 3.29. The van der Waals surface area contributed by atoms with E-state index in [0.29, 0.717) is 11.6 Å². The van der Waals surface area contributed by atoms with Gasteiger partial charge in [0.05, 0.1) is 7.11 Å². The molecule has 0 unspecified atom stereocenters. The number of Topliss-reactive ketones (excluding diaryl/α,β-unsaturated/α-hetero) is 1. The molecule has 0 saturated carbocycles. The molecule has 84 valence electrons. The summed E-state index contributed by atoms with van der Waals surface area (Å²) in [6.07, 6.45) is 7.47. The summed E-state index contributed by atoms with van der Waals surface area (Å²) in [5.74, 6) is 0.426. The molecule has 4 heteroatoms. The first-order valence-corrected chi connectivity index (χ1v) is 5.41. The molecule has 1 aliphatic carbocycles. The lowest BCUT2D eigenvalue weighted by Gasteiger charge is -2.10. The fourth-order valence-corrected chi connectivity index (χ4v) is 1.78. The Morgan fingerprint density at radius 1 is 1.38 bits per heavy atom. The summed E-state index contributed by atoms with van der Waals surface area (Å²) in [7, 11) is 1.52. The van der Waals surface area contributed by atoms with Gasteiger partial charge in [0, 0.05) is 6.07 Å². The van der Waals surface area contributed by atoms with Crippen molar-refractivity contribution in [3.8, 4) is 5.88 Å². The zero-order valence-electron chi connectivity index (χ0n) is 9.27. The molecule has 0 spiro atoms. The maximum absolute atomic E-state index is 12.1. The van der Waals surface area contributed by atoms with Crippen LogP contribution in [0.15, 0.2) is 24.0 Å². The third-order valence-corrected chi connectivity index (χ3v) is 2.67. The highest BCUT2D eigenvalue weighted by Gasteiger charge is 2.16. The van der Waals surface area contributed by atoms with Gasteiger partial charge in [-0.25, -0.2) is 9.97 Å². The van der Waals surface area contributed by atoms with Crippen molar-refractivity contribution in [2.45, 2.75) is 25.7 Å². The van der Waals surface area contributed by atoms with Crippen LogP contribution in [0.5, 0.6) is 5.88 Å². The van der Waals surface area contributed by atoms with Gasteiger partial charge in [0.2, 0.25) is 11.7 Å². The fourth-order valence-electron chi connectivity index (χ4n) is 1.78. The van der Waals surface area contributed by atoms with Crippen LogP contribution in [-0.2, 0) is 0 Å². The number of carbonyl (C=O) groups excluding carboxylic acids is 1. The van der Waals surface area contributed by atoms with E-state index < -0.39 is 0 Å². The second-order valence-electron chi connectivity index (χ2n) is 3.75. The van der Waals surface area contributed by atoms with Gasteiger partial charge in [0.25, 0.3) is 0 Å². The molecule has 0 saturated heterocycles. The van der Waals surface area contributed by atoms with Crippen molar-refractivity contribution >= 4 is 5.78 Å². The van der Waals surface area contributed by atoms with Gasteiger partial charge in [0.15, 0.2) is 0 Å². The molecule has 0 N–H and O–H groups in total. The van der Waals surface area contributed by atoms with E-state index in [4.69, 9.17) is 4.74 Å². The lowest BCUT2D eigenvalue weighted by atomic mass is 9.95. The number of hydrogen-bond donors (Lipinski definition) is 0. The van der Waals surface area contributed by atoms with Crippen LogP contribution in [-0.4, -0.2) is 22.9 Å². The second kappa shape index (κ2) is 4.88. The Balaban J connectivity index is 2.22. The van der Waals surface area contributed by atoms with Crippen molar-refractivity contribution in [3.05, 3.63) is 29.7 Å². The highest BCUT2D eigenvalue weighted by atomic mass is 16.5. The quantitative estimate of drug-likeness (QED) is 0.729. The van der Waals surface area contributed by atoms with Crippen molar-refractivity contribution in [3.63, 3.8) is 0 Å². The fraction of sp³-hybridized carbons (Fsp3) is 0.417. The molecule has 4 nitrogen and oxygen atoms in total. The summed E-state index contributed by atoms with van der Waals surface area (Å²) in [4.78, 5) is 19.9. The van der Waals surface area contributed by atoms with E-state index >= 15 is 0 Å². The largest absolute Gasteiger partial charge is 0.481 e. The molecule has 0 aromatic carbocycles. The van der Waals surface area contributed by atoms with Gasteiger partial charge < -0.3 is 4.74 Å². The summed E-state index contributed by atoms with van der Waals surface area (Å²) in [5, 5.41) is 0. The van der Waals surface area contributed by atoms with Crippen molar-refractivity contribution in [2.75, 3.05) is 7.11 Å². The second-order valence-corrected chi connectivity index (χ2v) is 3.75. The van der Waals surface area contributed by atoms with Gasteiger partial charge in [0.1, 0.15) is 12.0 Å². The number of aromatic nitrogens is 2. The smallest absolute Gasteiger partial charge is 0.216 e. The van der Waals surface area contributed by atoms with E-state index in [9.17, 15) is 4.79 Å². The van der Waals surface area contributed by atoms with Gasteiger partial charge in [-0.3, -0.25) is 4.79 Å². The van der Waals surface area contributed by atoms with Crippen molar-refractivity contribution in [1.29, 1.82) is 0 Å². The van der Waals surface area contributed by atoms with E-state index in [-0.39, 0.29) is 5.78 Å². The van der Waals surface area contributed by atoms with Gasteiger partial charge in [-0.05, 0) is 31.3 Å². The lowest BCUT2D eigenvalue weighted by molar-refractivity contribution is 0.102. The van der Waals surface area contributed by atoms with E-state index in [1.165, 1.54) is 19.9 Å². The maximum Gasteiger partial charge on any atom is 0.216 e. The minimum absolute atomic E-state index is 0.000370. The molecule has 1 heterocycles. The summed E-state index contributed by atoms with van der Waals surface area (Å²) < 4.78 is 4.97. The third-order valence-electron chi connectivity index (χ3n) is 2.67. The van der Waals surface area contributed by atoms with Crippen LogP contribution >= 0.6 is 0 Å². The van der Waals surface area contributed by atoms with Crippen LogP contribution in [0, 0.1) is 0 Å². The number of hydrogen-bond acceptors (Lipinski definition) is 4.